The van der Waals surface area contributed by atoms with E-state index in [1.54, 1.807) is 0 Å². The SMILES string of the molecule is OC(CCN1CCCCc2ccccc21)c1ccccc1. The van der Waals surface area contributed by atoms with Crippen molar-refractivity contribution in [2.24, 2.45) is 0 Å². The van der Waals surface area contributed by atoms with Crippen molar-refractivity contribution in [2.45, 2.75) is 31.8 Å². The van der Waals surface area contributed by atoms with Gasteiger partial charge in [-0.25, -0.2) is 0 Å². The second-order valence-electron chi connectivity index (χ2n) is 5.79. The Hall–Kier alpha value is -1.80. The van der Waals surface area contributed by atoms with E-state index >= 15 is 0 Å². The van der Waals surface area contributed by atoms with Crippen LogP contribution in [0.2, 0.25) is 0 Å². The number of anilines is 1. The van der Waals surface area contributed by atoms with Crippen molar-refractivity contribution in [1.29, 1.82) is 0 Å². The standard InChI is InChI=1S/C19H23NO/c21-19(17-10-2-1-3-11-17)13-15-20-14-7-6-9-16-8-4-5-12-18(16)20/h1-5,8,10-12,19,21H,6-7,9,13-15H2. The van der Waals surface area contributed by atoms with E-state index in [0.717, 1.165) is 25.1 Å². The van der Waals surface area contributed by atoms with E-state index in [-0.39, 0.29) is 6.10 Å². The molecule has 2 heteroatoms. The van der Waals surface area contributed by atoms with E-state index < -0.39 is 0 Å². The van der Waals surface area contributed by atoms with E-state index in [1.165, 1.54) is 30.5 Å². The van der Waals surface area contributed by atoms with E-state index in [4.69, 9.17) is 0 Å². The highest BCUT2D eigenvalue weighted by atomic mass is 16.3. The first kappa shape index (κ1) is 14.2. The topological polar surface area (TPSA) is 23.5 Å². The van der Waals surface area contributed by atoms with Crippen LogP contribution in [-0.4, -0.2) is 18.2 Å². The van der Waals surface area contributed by atoms with Gasteiger partial charge in [-0.3, -0.25) is 0 Å². The maximum Gasteiger partial charge on any atom is 0.0806 e. The van der Waals surface area contributed by atoms with Gasteiger partial charge < -0.3 is 10.0 Å². The van der Waals surface area contributed by atoms with Gasteiger partial charge in [-0.15, -0.1) is 0 Å². The van der Waals surface area contributed by atoms with Crippen molar-refractivity contribution in [1.82, 2.24) is 0 Å². The smallest absolute Gasteiger partial charge is 0.0806 e. The largest absolute Gasteiger partial charge is 0.388 e. The van der Waals surface area contributed by atoms with Gasteiger partial charge in [0.05, 0.1) is 6.10 Å². The summed E-state index contributed by atoms with van der Waals surface area (Å²) >= 11 is 0. The fourth-order valence-corrected chi connectivity index (χ4v) is 3.12. The van der Waals surface area contributed by atoms with Gasteiger partial charge in [0, 0.05) is 18.8 Å². The predicted octanol–water partition coefficient (Wildman–Crippen LogP) is 3.95. The van der Waals surface area contributed by atoms with E-state index in [9.17, 15) is 5.11 Å². The molecule has 21 heavy (non-hydrogen) atoms. The molecule has 1 heterocycles. The Morgan fingerprint density at radius 3 is 2.57 bits per heavy atom. The minimum Gasteiger partial charge on any atom is -0.388 e. The van der Waals surface area contributed by atoms with Crippen molar-refractivity contribution in [3.05, 3.63) is 65.7 Å². The summed E-state index contributed by atoms with van der Waals surface area (Å²) in [7, 11) is 0. The van der Waals surface area contributed by atoms with Gasteiger partial charge in [0.2, 0.25) is 0 Å². The first-order chi connectivity index (χ1) is 10.3. The number of aliphatic hydroxyl groups excluding tert-OH is 1. The first-order valence-electron chi connectivity index (χ1n) is 7.90. The Labute approximate surface area is 127 Å². The molecule has 0 aliphatic carbocycles. The molecule has 0 fully saturated rings. The molecule has 1 N–H and O–H groups in total. The number of nitrogens with zero attached hydrogens (tertiary/aromatic N) is 1. The van der Waals surface area contributed by atoms with Crippen LogP contribution in [0.5, 0.6) is 0 Å². The molecule has 0 spiro atoms. The maximum atomic E-state index is 10.3. The summed E-state index contributed by atoms with van der Waals surface area (Å²) in [4.78, 5) is 2.44. The molecular formula is C19H23NO. The zero-order valence-electron chi connectivity index (χ0n) is 12.4. The monoisotopic (exact) mass is 281 g/mol. The summed E-state index contributed by atoms with van der Waals surface area (Å²) in [5, 5.41) is 10.3. The van der Waals surface area contributed by atoms with Crippen LogP contribution < -0.4 is 4.90 Å². The summed E-state index contributed by atoms with van der Waals surface area (Å²) in [6, 6.07) is 18.7. The van der Waals surface area contributed by atoms with Gasteiger partial charge in [-0.1, -0.05) is 48.5 Å². The molecule has 1 aliphatic heterocycles. The van der Waals surface area contributed by atoms with Crippen LogP contribution in [0.25, 0.3) is 0 Å². The van der Waals surface area contributed by atoms with Crippen molar-refractivity contribution in [3.8, 4) is 0 Å². The van der Waals surface area contributed by atoms with Crippen LogP contribution in [0.15, 0.2) is 54.6 Å². The summed E-state index contributed by atoms with van der Waals surface area (Å²) in [5.74, 6) is 0. The lowest BCUT2D eigenvalue weighted by Crippen LogP contribution is -2.26. The first-order valence-corrected chi connectivity index (χ1v) is 7.90. The molecule has 2 aromatic rings. The van der Waals surface area contributed by atoms with Crippen LogP contribution in [-0.2, 0) is 6.42 Å². The average molecular weight is 281 g/mol. The average Bonchev–Trinajstić information content (AvgIpc) is 2.76. The lowest BCUT2D eigenvalue weighted by atomic mass is 10.1. The zero-order valence-corrected chi connectivity index (χ0v) is 12.4. The van der Waals surface area contributed by atoms with E-state index in [2.05, 4.69) is 29.2 Å². The van der Waals surface area contributed by atoms with Gasteiger partial charge in [0.25, 0.3) is 0 Å². The molecule has 0 saturated heterocycles. The third-order valence-electron chi connectivity index (χ3n) is 4.31. The fourth-order valence-electron chi connectivity index (χ4n) is 3.12. The summed E-state index contributed by atoms with van der Waals surface area (Å²) in [6.45, 7) is 2.01. The molecule has 0 saturated carbocycles. The van der Waals surface area contributed by atoms with Gasteiger partial charge in [0.15, 0.2) is 0 Å². The van der Waals surface area contributed by atoms with Crippen LogP contribution in [0.4, 0.5) is 5.69 Å². The summed E-state index contributed by atoms with van der Waals surface area (Å²) in [6.07, 6.45) is 4.07. The Morgan fingerprint density at radius 2 is 1.71 bits per heavy atom. The highest BCUT2D eigenvalue weighted by molar-refractivity contribution is 5.54. The Bertz CT molecular complexity index is 567. The third kappa shape index (κ3) is 3.45. The summed E-state index contributed by atoms with van der Waals surface area (Å²) < 4.78 is 0. The van der Waals surface area contributed by atoms with Gasteiger partial charge in [0.1, 0.15) is 0 Å². The lowest BCUT2D eigenvalue weighted by molar-refractivity contribution is 0.169. The second kappa shape index (κ2) is 6.77. The van der Waals surface area contributed by atoms with Crippen molar-refractivity contribution in [2.75, 3.05) is 18.0 Å². The molecule has 3 rings (SSSR count). The molecule has 0 amide bonds. The van der Waals surface area contributed by atoms with Crippen LogP contribution in [0.3, 0.4) is 0 Å². The normalized spacial score (nSPS) is 16.1. The Kier molecular flexibility index (Phi) is 4.56. The number of hydrogen-bond acceptors (Lipinski definition) is 2. The molecule has 0 radical (unpaired) electrons. The number of aliphatic hydroxyl groups is 1. The van der Waals surface area contributed by atoms with Crippen LogP contribution >= 0.6 is 0 Å². The molecule has 0 bridgehead atoms. The van der Waals surface area contributed by atoms with Gasteiger partial charge in [-0.2, -0.15) is 0 Å². The molecule has 1 unspecified atom stereocenters. The van der Waals surface area contributed by atoms with Crippen LogP contribution in [0, 0.1) is 0 Å². The summed E-state index contributed by atoms with van der Waals surface area (Å²) in [5.41, 5.74) is 3.82. The van der Waals surface area contributed by atoms with Crippen molar-refractivity contribution in [3.63, 3.8) is 0 Å². The minimum absolute atomic E-state index is 0.374. The highest BCUT2D eigenvalue weighted by Crippen LogP contribution is 2.27. The number of aryl methyl sites for hydroxylation is 1. The molecule has 0 aromatic heterocycles. The van der Waals surface area contributed by atoms with Crippen molar-refractivity contribution < 1.29 is 5.11 Å². The number of rotatable bonds is 4. The number of hydrogen-bond donors (Lipinski definition) is 1. The second-order valence-corrected chi connectivity index (χ2v) is 5.79. The molecule has 1 aliphatic rings. The molecule has 2 aromatic carbocycles. The molecule has 110 valence electrons. The predicted molar refractivity (Wildman–Crippen MR) is 87.6 cm³/mol. The Balaban J connectivity index is 1.68. The van der Waals surface area contributed by atoms with Gasteiger partial charge >= 0.3 is 0 Å². The Morgan fingerprint density at radius 1 is 0.952 bits per heavy atom. The third-order valence-corrected chi connectivity index (χ3v) is 4.31. The number of para-hydroxylation sites is 1. The van der Waals surface area contributed by atoms with E-state index in [1.807, 2.05) is 30.3 Å². The van der Waals surface area contributed by atoms with Crippen LogP contribution in [0.1, 0.15) is 36.5 Å². The van der Waals surface area contributed by atoms with E-state index in [0.29, 0.717) is 0 Å². The van der Waals surface area contributed by atoms with Gasteiger partial charge in [-0.05, 0) is 42.9 Å². The lowest BCUT2D eigenvalue weighted by Gasteiger charge is -2.26. The number of benzene rings is 2. The fraction of sp³-hybridized carbons (Fsp3) is 0.368. The minimum atomic E-state index is -0.374. The molecule has 2 nitrogen and oxygen atoms in total. The number of fused-ring (bicyclic) bond motifs is 1. The maximum absolute atomic E-state index is 10.3. The molecule has 1 atom stereocenters. The highest BCUT2D eigenvalue weighted by Gasteiger charge is 2.16. The zero-order chi connectivity index (χ0) is 14.5. The van der Waals surface area contributed by atoms with Crippen molar-refractivity contribution >= 4 is 5.69 Å². The quantitative estimate of drug-likeness (QED) is 0.917. The molecular weight excluding hydrogens is 258 g/mol.